The second kappa shape index (κ2) is 5.47. The van der Waals surface area contributed by atoms with Crippen LogP contribution in [0.2, 0.25) is 0 Å². The van der Waals surface area contributed by atoms with E-state index in [1.165, 1.54) is 13.8 Å². The van der Waals surface area contributed by atoms with Crippen LogP contribution < -0.4 is 0 Å². The number of carbonyl (C=O) groups excluding carboxylic acids is 1. The SMILES string of the molecule is CC(C)=O.Cc1cccc(C)n1. The predicted molar refractivity (Wildman–Crippen MR) is 50.1 cm³/mol. The molecule has 1 aromatic heterocycles. The molecule has 0 radical (unpaired) electrons. The van der Waals surface area contributed by atoms with Crippen molar-refractivity contribution in [2.45, 2.75) is 27.7 Å². The molecule has 0 saturated heterocycles. The van der Waals surface area contributed by atoms with Crippen molar-refractivity contribution in [1.29, 1.82) is 0 Å². The summed E-state index contributed by atoms with van der Waals surface area (Å²) in [6.07, 6.45) is 0. The number of nitrogens with zero attached hydrogens (tertiary/aromatic N) is 1. The zero-order valence-electron chi connectivity index (χ0n) is 8.09. The molecule has 0 unspecified atom stereocenters. The van der Waals surface area contributed by atoms with Crippen LogP contribution in [0, 0.1) is 13.8 Å². The molecule has 0 spiro atoms. The number of carbonyl (C=O) groups is 1. The first-order valence-corrected chi connectivity index (χ1v) is 3.90. The van der Waals surface area contributed by atoms with Gasteiger partial charge in [0.05, 0.1) is 0 Å². The fraction of sp³-hybridized carbons (Fsp3) is 0.400. The maximum absolute atomic E-state index is 9.44. The summed E-state index contributed by atoms with van der Waals surface area (Å²) in [5.41, 5.74) is 2.18. The number of hydrogen-bond acceptors (Lipinski definition) is 2. The molecule has 1 rings (SSSR count). The number of Topliss-reactive ketones (excluding diaryl/α,β-unsaturated/α-hetero) is 1. The van der Waals surface area contributed by atoms with Crippen molar-refractivity contribution < 1.29 is 4.79 Å². The number of aryl methyl sites for hydroxylation is 2. The van der Waals surface area contributed by atoms with Crippen molar-refractivity contribution >= 4 is 5.78 Å². The Labute approximate surface area is 73.6 Å². The van der Waals surface area contributed by atoms with Crippen LogP contribution in [-0.4, -0.2) is 10.8 Å². The third kappa shape index (κ3) is 6.93. The van der Waals surface area contributed by atoms with E-state index >= 15 is 0 Å². The lowest BCUT2D eigenvalue weighted by atomic mass is 10.3. The van der Waals surface area contributed by atoms with Gasteiger partial charge in [0.25, 0.3) is 0 Å². The summed E-state index contributed by atoms with van der Waals surface area (Å²) in [4.78, 5) is 13.6. The summed E-state index contributed by atoms with van der Waals surface area (Å²) in [5, 5.41) is 0. The summed E-state index contributed by atoms with van der Waals surface area (Å²) < 4.78 is 0. The van der Waals surface area contributed by atoms with Crippen LogP contribution >= 0.6 is 0 Å². The van der Waals surface area contributed by atoms with Crippen LogP contribution in [-0.2, 0) is 4.79 Å². The Morgan fingerprint density at radius 2 is 1.50 bits per heavy atom. The molecule has 0 atom stereocenters. The first-order chi connectivity index (χ1) is 5.52. The van der Waals surface area contributed by atoms with Gasteiger partial charge in [0.1, 0.15) is 5.78 Å². The van der Waals surface area contributed by atoms with Crippen molar-refractivity contribution in [3.05, 3.63) is 29.6 Å². The summed E-state index contributed by atoms with van der Waals surface area (Å²) >= 11 is 0. The van der Waals surface area contributed by atoms with Crippen molar-refractivity contribution in [1.82, 2.24) is 4.98 Å². The molecule has 0 aliphatic carbocycles. The molecule has 0 saturated carbocycles. The fourth-order valence-electron chi connectivity index (χ4n) is 0.679. The zero-order chi connectivity index (χ0) is 9.56. The van der Waals surface area contributed by atoms with E-state index in [0.29, 0.717) is 0 Å². The van der Waals surface area contributed by atoms with E-state index in [4.69, 9.17) is 0 Å². The second-order valence-corrected chi connectivity index (χ2v) is 2.83. The minimum Gasteiger partial charge on any atom is -0.300 e. The molecule has 2 nitrogen and oxygen atoms in total. The van der Waals surface area contributed by atoms with Gasteiger partial charge in [-0.1, -0.05) is 6.07 Å². The quantitative estimate of drug-likeness (QED) is 0.590. The molecule has 0 aliphatic heterocycles. The Balaban J connectivity index is 0.000000261. The Kier molecular flexibility index (Phi) is 4.93. The van der Waals surface area contributed by atoms with Gasteiger partial charge in [-0.05, 0) is 39.8 Å². The van der Waals surface area contributed by atoms with Crippen molar-refractivity contribution in [3.63, 3.8) is 0 Å². The van der Waals surface area contributed by atoms with E-state index in [-0.39, 0.29) is 5.78 Å². The third-order valence-corrected chi connectivity index (χ3v) is 1.03. The maximum Gasteiger partial charge on any atom is 0.126 e. The van der Waals surface area contributed by atoms with E-state index < -0.39 is 0 Å². The summed E-state index contributed by atoms with van der Waals surface area (Å²) in [6, 6.07) is 6.00. The zero-order valence-corrected chi connectivity index (χ0v) is 8.09. The van der Waals surface area contributed by atoms with Crippen LogP contribution in [0.1, 0.15) is 25.2 Å². The van der Waals surface area contributed by atoms with Gasteiger partial charge in [0.2, 0.25) is 0 Å². The molecular formula is C10H15NO. The van der Waals surface area contributed by atoms with E-state index in [2.05, 4.69) is 4.98 Å². The molecule has 66 valence electrons. The van der Waals surface area contributed by atoms with Gasteiger partial charge in [-0.25, -0.2) is 0 Å². The van der Waals surface area contributed by atoms with Gasteiger partial charge < -0.3 is 4.79 Å². The topological polar surface area (TPSA) is 30.0 Å². The number of aromatic nitrogens is 1. The molecule has 0 N–H and O–H groups in total. The van der Waals surface area contributed by atoms with E-state index in [1.807, 2.05) is 32.0 Å². The highest BCUT2D eigenvalue weighted by Crippen LogP contribution is 1.93. The summed E-state index contributed by atoms with van der Waals surface area (Å²) in [6.45, 7) is 7.04. The molecule has 0 fully saturated rings. The largest absolute Gasteiger partial charge is 0.300 e. The van der Waals surface area contributed by atoms with Crippen molar-refractivity contribution in [2.75, 3.05) is 0 Å². The summed E-state index contributed by atoms with van der Waals surface area (Å²) in [5.74, 6) is 0.167. The van der Waals surface area contributed by atoms with E-state index in [1.54, 1.807) is 0 Å². The summed E-state index contributed by atoms with van der Waals surface area (Å²) in [7, 11) is 0. The average Bonchev–Trinajstić information content (AvgIpc) is 1.84. The van der Waals surface area contributed by atoms with Gasteiger partial charge in [-0.15, -0.1) is 0 Å². The highest BCUT2D eigenvalue weighted by molar-refractivity contribution is 5.72. The second-order valence-electron chi connectivity index (χ2n) is 2.83. The number of hydrogen-bond donors (Lipinski definition) is 0. The van der Waals surface area contributed by atoms with Crippen molar-refractivity contribution in [3.8, 4) is 0 Å². The number of pyridine rings is 1. The lowest BCUT2D eigenvalue weighted by Crippen LogP contribution is -1.81. The normalized spacial score (nSPS) is 8.33. The smallest absolute Gasteiger partial charge is 0.126 e. The van der Waals surface area contributed by atoms with Gasteiger partial charge in [0, 0.05) is 11.4 Å². The van der Waals surface area contributed by atoms with Gasteiger partial charge in [-0.3, -0.25) is 4.98 Å². The van der Waals surface area contributed by atoms with Crippen molar-refractivity contribution in [2.24, 2.45) is 0 Å². The minimum absolute atomic E-state index is 0.167. The Morgan fingerprint density at radius 1 is 1.17 bits per heavy atom. The highest BCUT2D eigenvalue weighted by atomic mass is 16.1. The first-order valence-electron chi connectivity index (χ1n) is 3.90. The Bertz CT molecular complexity index is 235. The van der Waals surface area contributed by atoms with Crippen LogP contribution in [0.25, 0.3) is 0 Å². The Morgan fingerprint density at radius 3 is 1.67 bits per heavy atom. The molecule has 1 aromatic rings. The van der Waals surface area contributed by atoms with Crippen LogP contribution in [0.15, 0.2) is 18.2 Å². The average molecular weight is 165 g/mol. The monoisotopic (exact) mass is 165 g/mol. The molecule has 0 amide bonds. The Hall–Kier alpha value is -1.18. The van der Waals surface area contributed by atoms with Gasteiger partial charge in [-0.2, -0.15) is 0 Å². The van der Waals surface area contributed by atoms with Crippen LogP contribution in [0.4, 0.5) is 0 Å². The standard InChI is InChI=1S/C7H9N.C3H6O/c1-6-4-3-5-7(2)8-6;1-3(2)4/h3-5H,1-2H3;1-2H3. The highest BCUT2D eigenvalue weighted by Gasteiger charge is 1.82. The molecule has 0 aromatic carbocycles. The van der Waals surface area contributed by atoms with Gasteiger partial charge >= 0.3 is 0 Å². The minimum atomic E-state index is 0.167. The molecule has 1 heterocycles. The molecule has 2 heteroatoms. The molecule has 12 heavy (non-hydrogen) atoms. The predicted octanol–water partition coefficient (Wildman–Crippen LogP) is 2.29. The van der Waals surface area contributed by atoms with Crippen LogP contribution in [0.5, 0.6) is 0 Å². The van der Waals surface area contributed by atoms with Gasteiger partial charge in [0.15, 0.2) is 0 Å². The first kappa shape index (κ1) is 10.8. The molecular weight excluding hydrogens is 150 g/mol. The third-order valence-electron chi connectivity index (χ3n) is 1.03. The lowest BCUT2D eigenvalue weighted by Gasteiger charge is -1.90. The maximum atomic E-state index is 9.44. The number of rotatable bonds is 0. The number of ketones is 1. The van der Waals surface area contributed by atoms with Crippen LogP contribution in [0.3, 0.4) is 0 Å². The van der Waals surface area contributed by atoms with E-state index in [9.17, 15) is 4.79 Å². The fourth-order valence-corrected chi connectivity index (χ4v) is 0.679. The van der Waals surface area contributed by atoms with E-state index in [0.717, 1.165) is 11.4 Å². The molecule has 0 bridgehead atoms. The molecule has 0 aliphatic rings. The lowest BCUT2D eigenvalue weighted by molar-refractivity contribution is -0.114.